The molecule has 0 heterocycles. The van der Waals surface area contributed by atoms with Gasteiger partial charge in [0, 0.05) is 30.2 Å². The van der Waals surface area contributed by atoms with Gasteiger partial charge in [0.15, 0.2) is 0 Å². The van der Waals surface area contributed by atoms with Crippen LogP contribution in [0.25, 0.3) is 0 Å². The number of benzene rings is 1. The summed E-state index contributed by atoms with van der Waals surface area (Å²) in [5.74, 6) is -0.292. The van der Waals surface area contributed by atoms with Gasteiger partial charge in [-0.2, -0.15) is 17.7 Å². The van der Waals surface area contributed by atoms with Gasteiger partial charge < -0.3 is 9.84 Å². The quantitative estimate of drug-likeness (QED) is 0.261. The smallest absolute Gasteiger partial charge is 0.303 e. The fourth-order valence-electron chi connectivity index (χ4n) is 1.84. The SMILES string of the molecule is CC(C)(S)CC(=O)N/N=C/Cc1ccc(OCCCC(=O)O)cc1. The van der Waals surface area contributed by atoms with Gasteiger partial charge in [0.1, 0.15) is 5.75 Å². The van der Waals surface area contributed by atoms with E-state index in [1.54, 1.807) is 6.21 Å². The predicted molar refractivity (Wildman–Crippen MR) is 96.8 cm³/mol. The zero-order valence-corrected chi connectivity index (χ0v) is 14.9. The fourth-order valence-corrected chi connectivity index (χ4v) is 1.98. The molecule has 24 heavy (non-hydrogen) atoms. The van der Waals surface area contributed by atoms with Crippen molar-refractivity contribution in [1.29, 1.82) is 0 Å². The molecule has 2 N–H and O–H groups in total. The van der Waals surface area contributed by atoms with Crippen molar-refractivity contribution in [1.82, 2.24) is 5.43 Å². The van der Waals surface area contributed by atoms with E-state index in [2.05, 4.69) is 23.2 Å². The van der Waals surface area contributed by atoms with Crippen LogP contribution in [0, 0.1) is 0 Å². The third kappa shape index (κ3) is 9.89. The predicted octanol–water partition coefficient (Wildman–Crippen LogP) is 2.67. The van der Waals surface area contributed by atoms with Crippen molar-refractivity contribution in [2.75, 3.05) is 6.61 Å². The first kappa shape index (κ1) is 20.0. The molecule has 0 aromatic heterocycles. The minimum atomic E-state index is -0.821. The molecule has 7 heteroatoms. The Kier molecular flexibility index (Phi) is 8.32. The van der Waals surface area contributed by atoms with Crippen LogP contribution in [0.15, 0.2) is 29.4 Å². The zero-order valence-electron chi connectivity index (χ0n) is 14.0. The summed E-state index contributed by atoms with van der Waals surface area (Å²) in [6.07, 6.45) is 3.09. The van der Waals surface area contributed by atoms with Crippen LogP contribution in [-0.2, 0) is 16.0 Å². The summed E-state index contributed by atoms with van der Waals surface area (Å²) >= 11 is 4.29. The molecule has 132 valence electrons. The third-order valence-electron chi connectivity index (χ3n) is 2.93. The van der Waals surface area contributed by atoms with Crippen LogP contribution < -0.4 is 10.2 Å². The lowest BCUT2D eigenvalue weighted by molar-refractivity contribution is -0.137. The Morgan fingerprint density at radius 1 is 1.33 bits per heavy atom. The average Bonchev–Trinajstić information content (AvgIpc) is 2.47. The number of aliphatic carboxylic acids is 1. The summed E-state index contributed by atoms with van der Waals surface area (Å²) in [5, 5.41) is 12.4. The van der Waals surface area contributed by atoms with Crippen molar-refractivity contribution in [3.05, 3.63) is 29.8 Å². The van der Waals surface area contributed by atoms with E-state index >= 15 is 0 Å². The number of hydrazone groups is 1. The molecule has 0 atom stereocenters. The van der Waals surface area contributed by atoms with Crippen LogP contribution in [0.4, 0.5) is 0 Å². The number of rotatable bonds is 10. The molecule has 1 rings (SSSR count). The summed E-state index contributed by atoms with van der Waals surface area (Å²) < 4.78 is 5.09. The van der Waals surface area contributed by atoms with Gasteiger partial charge in [-0.1, -0.05) is 26.0 Å². The van der Waals surface area contributed by atoms with E-state index in [0.29, 0.717) is 31.6 Å². The maximum absolute atomic E-state index is 11.6. The molecular formula is C17H24N2O4S. The minimum Gasteiger partial charge on any atom is -0.494 e. The number of ether oxygens (including phenoxy) is 1. The lowest BCUT2D eigenvalue weighted by Gasteiger charge is -2.14. The second-order valence-corrected chi connectivity index (χ2v) is 7.24. The number of carbonyl (C=O) groups excluding carboxylic acids is 1. The van der Waals surface area contributed by atoms with Crippen LogP contribution in [0.3, 0.4) is 0 Å². The van der Waals surface area contributed by atoms with Crippen LogP contribution >= 0.6 is 12.6 Å². The third-order valence-corrected chi connectivity index (χ3v) is 3.09. The van der Waals surface area contributed by atoms with Crippen molar-refractivity contribution < 1.29 is 19.4 Å². The van der Waals surface area contributed by atoms with Crippen LogP contribution in [0.5, 0.6) is 5.75 Å². The Morgan fingerprint density at radius 3 is 2.58 bits per heavy atom. The molecule has 1 aromatic rings. The molecule has 1 aromatic carbocycles. The topological polar surface area (TPSA) is 88.0 Å². The molecule has 0 unspecified atom stereocenters. The van der Waals surface area contributed by atoms with Crippen LogP contribution in [0.1, 0.15) is 38.7 Å². The molecule has 0 spiro atoms. The molecule has 6 nitrogen and oxygen atoms in total. The summed E-state index contributed by atoms with van der Waals surface area (Å²) in [6.45, 7) is 4.11. The highest BCUT2D eigenvalue weighted by molar-refractivity contribution is 7.81. The number of carboxylic acids is 1. The summed E-state index contributed by atoms with van der Waals surface area (Å²) in [5.41, 5.74) is 3.50. The lowest BCUT2D eigenvalue weighted by Crippen LogP contribution is -2.25. The second kappa shape index (κ2) is 9.97. The Labute approximate surface area is 147 Å². The molecule has 1 amide bonds. The summed E-state index contributed by atoms with van der Waals surface area (Å²) in [6, 6.07) is 7.45. The van der Waals surface area contributed by atoms with Gasteiger partial charge in [-0.25, -0.2) is 5.43 Å². The number of amides is 1. The van der Waals surface area contributed by atoms with Crippen molar-refractivity contribution in [2.24, 2.45) is 5.10 Å². The van der Waals surface area contributed by atoms with Crippen LogP contribution in [-0.4, -0.2) is 34.6 Å². The molecule has 0 radical (unpaired) electrons. The minimum absolute atomic E-state index is 0.102. The molecule has 0 bridgehead atoms. The molecule has 0 saturated carbocycles. The molecule has 0 aliphatic rings. The number of hydrogen-bond donors (Lipinski definition) is 3. The van der Waals surface area contributed by atoms with E-state index in [1.165, 1.54) is 0 Å². The van der Waals surface area contributed by atoms with Crippen molar-refractivity contribution in [3.63, 3.8) is 0 Å². The second-order valence-electron chi connectivity index (χ2n) is 6.03. The number of thiol groups is 1. The fraction of sp³-hybridized carbons (Fsp3) is 0.471. The van der Waals surface area contributed by atoms with Gasteiger partial charge in [0.2, 0.25) is 5.91 Å². The van der Waals surface area contributed by atoms with E-state index in [4.69, 9.17) is 9.84 Å². The average molecular weight is 352 g/mol. The lowest BCUT2D eigenvalue weighted by atomic mass is 10.1. The summed E-state index contributed by atoms with van der Waals surface area (Å²) in [7, 11) is 0. The normalized spacial score (nSPS) is 11.5. The molecular weight excluding hydrogens is 328 g/mol. The Bertz CT molecular complexity index is 565. The van der Waals surface area contributed by atoms with Gasteiger partial charge in [-0.15, -0.1) is 0 Å². The number of hydrogen-bond acceptors (Lipinski definition) is 5. The maximum atomic E-state index is 11.6. The number of carbonyl (C=O) groups is 2. The molecule has 0 aliphatic heterocycles. The van der Waals surface area contributed by atoms with Gasteiger partial charge >= 0.3 is 5.97 Å². The number of nitrogens with zero attached hydrogens (tertiary/aromatic N) is 1. The standard InChI is InChI=1S/C17H24N2O4S/c1-17(2,24)12-15(20)19-18-10-9-13-5-7-14(8-6-13)23-11-3-4-16(21)22/h5-8,10,24H,3-4,9,11-12H2,1-2H3,(H,19,20)(H,21,22)/b18-10+. The Hall–Kier alpha value is -2.02. The Balaban J connectivity index is 2.30. The summed E-state index contributed by atoms with van der Waals surface area (Å²) in [4.78, 5) is 21.9. The van der Waals surface area contributed by atoms with Gasteiger partial charge in [0.25, 0.3) is 0 Å². The number of carboxylic acid groups (broad SMARTS) is 1. The first-order valence-electron chi connectivity index (χ1n) is 7.72. The first-order chi connectivity index (χ1) is 11.3. The monoisotopic (exact) mass is 352 g/mol. The van der Waals surface area contributed by atoms with Crippen molar-refractivity contribution >= 4 is 30.7 Å². The Morgan fingerprint density at radius 2 is 2.00 bits per heavy atom. The largest absolute Gasteiger partial charge is 0.494 e. The maximum Gasteiger partial charge on any atom is 0.303 e. The first-order valence-corrected chi connectivity index (χ1v) is 8.17. The van der Waals surface area contributed by atoms with Crippen LogP contribution in [0.2, 0.25) is 0 Å². The van der Waals surface area contributed by atoms with E-state index in [1.807, 2.05) is 38.1 Å². The molecule has 0 fully saturated rings. The van der Waals surface area contributed by atoms with Gasteiger partial charge in [0.05, 0.1) is 6.61 Å². The molecule has 0 aliphatic carbocycles. The number of nitrogens with one attached hydrogen (secondary N) is 1. The van der Waals surface area contributed by atoms with E-state index in [-0.39, 0.29) is 17.1 Å². The highest BCUT2D eigenvalue weighted by atomic mass is 32.1. The van der Waals surface area contributed by atoms with Gasteiger partial charge in [-0.05, 0) is 24.1 Å². The van der Waals surface area contributed by atoms with E-state index in [9.17, 15) is 9.59 Å². The molecule has 0 saturated heterocycles. The zero-order chi connectivity index (χ0) is 18.0. The van der Waals surface area contributed by atoms with E-state index < -0.39 is 5.97 Å². The highest BCUT2D eigenvalue weighted by Crippen LogP contribution is 2.16. The highest BCUT2D eigenvalue weighted by Gasteiger charge is 2.16. The van der Waals surface area contributed by atoms with Crippen molar-refractivity contribution in [3.8, 4) is 5.75 Å². The van der Waals surface area contributed by atoms with Gasteiger partial charge in [-0.3, -0.25) is 9.59 Å². The van der Waals surface area contributed by atoms with Crippen molar-refractivity contribution in [2.45, 2.75) is 44.3 Å². The van der Waals surface area contributed by atoms with E-state index in [0.717, 1.165) is 5.56 Å².